The van der Waals surface area contributed by atoms with Crippen molar-refractivity contribution in [3.63, 3.8) is 0 Å². The number of rotatable bonds is 2. The highest BCUT2D eigenvalue weighted by atomic mass is 16.7. The van der Waals surface area contributed by atoms with E-state index in [4.69, 9.17) is 11.3 Å². The van der Waals surface area contributed by atoms with Gasteiger partial charge in [0.2, 0.25) is 0 Å². The first-order valence-corrected chi connectivity index (χ1v) is 4.46. The van der Waals surface area contributed by atoms with Gasteiger partial charge >= 0.3 is 6.09 Å². The summed E-state index contributed by atoms with van der Waals surface area (Å²) in [6, 6.07) is 0. The molecule has 0 aromatic heterocycles. The normalized spacial score (nSPS) is 16.4. The van der Waals surface area contributed by atoms with Gasteiger partial charge in [-0.1, -0.05) is 5.92 Å². The van der Waals surface area contributed by atoms with Gasteiger partial charge in [-0.05, 0) is 19.3 Å². The fraction of sp³-hybridized carbons (Fsp3) is 0.667. The van der Waals surface area contributed by atoms with Gasteiger partial charge in [0.05, 0.1) is 6.54 Å². The van der Waals surface area contributed by atoms with Crippen molar-refractivity contribution in [2.75, 3.05) is 19.6 Å². The molecule has 1 saturated heterocycles. The number of amides is 1. The smallest absolute Gasteiger partial charge is 0.353 e. The molecule has 13 heavy (non-hydrogen) atoms. The van der Waals surface area contributed by atoms with E-state index in [1.807, 2.05) is 0 Å². The molecule has 0 spiro atoms. The molecule has 1 aliphatic rings. The van der Waals surface area contributed by atoms with E-state index >= 15 is 0 Å². The lowest BCUT2D eigenvalue weighted by Crippen LogP contribution is -2.38. The summed E-state index contributed by atoms with van der Waals surface area (Å²) in [4.78, 5) is 17.6. The average Bonchev–Trinajstić information content (AvgIpc) is 2.19. The van der Waals surface area contributed by atoms with Gasteiger partial charge in [0.15, 0.2) is 0 Å². The Hall–Kier alpha value is -1.21. The molecular weight excluding hydrogens is 168 g/mol. The molecule has 0 unspecified atom stereocenters. The lowest BCUT2D eigenvalue weighted by atomic mass is 10.1. The van der Waals surface area contributed by atoms with Gasteiger partial charge in [0.25, 0.3) is 0 Å². The number of hydrogen-bond acceptors (Lipinski definition) is 3. The Morgan fingerprint density at radius 2 is 2.15 bits per heavy atom. The van der Waals surface area contributed by atoms with Crippen LogP contribution in [0.15, 0.2) is 0 Å². The van der Waals surface area contributed by atoms with E-state index in [1.54, 1.807) is 4.90 Å². The summed E-state index contributed by atoms with van der Waals surface area (Å²) in [5.41, 5.74) is 2.40. The Balaban J connectivity index is 2.18. The van der Waals surface area contributed by atoms with E-state index in [0.717, 1.165) is 25.9 Å². The van der Waals surface area contributed by atoms with Crippen LogP contribution in [0, 0.1) is 12.3 Å². The first-order chi connectivity index (χ1) is 6.34. The number of hydrogen-bond donors (Lipinski definition) is 1. The number of carbonyl (C=O) groups excluding carboxylic acids is 1. The highest BCUT2D eigenvalue weighted by molar-refractivity contribution is 5.67. The highest BCUT2D eigenvalue weighted by Gasteiger charge is 2.17. The summed E-state index contributed by atoms with van der Waals surface area (Å²) in [5.74, 6) is 2.32. The van der Waals surface area contributed by atoms with Crippen LogP contribution >= 0.6 is 0 Å². The molecule has 0 aromatic carbocycles. The zero-order valence-corrected chi connectivity index (χ0v) is 7.58. The standard InChI is InChI=1S/C9H14N2O2/c1-2-6-10-13-9(12)11-7-4-3-5-8-11/h1,10H,3-8H2. The van der Waals surface area contributed by atoms with E-state index in [0.29, 0.717) is 0 Å². The first kappa shape index (κ1) is 9.87. The lowest BCUT2D eigenvalue weighted by Gasteiger charge is -2.25. The fourth-order valence-electron chi connectivity index (χ4n) is 1.28. The maximum atomic E-state index is 11.2. The average molecular weight is 182 g/mol. The predicted molar refractivity (Wildman–Crippen MR) is 48.7 cm³/mol. The van der Waals surface area contributed by atoms with Gasteiger partial charge in [-0.25, -0.2) is 4.79 Å². The van der Waals surface area contributed by atoms with E-state index in [2.05, 4.69) is 11.4 Å². The molecule has 0 bridgehead atoms. The molecule has 72 valence electrons. The summed E-state index contributed by atoms with van der Waals surface area (Å²) in [5, 5.41) is 0. The fourth-order valence-corrected chi connectivity index (χ4v) is 1.28. The number of piperidine rings is 1. The van der Waals surface area contributed by atoms with Crippen molar-refractivity contribution < 1.29 is 9.63 Å². The van der Waals surface area contributed by atoms with E-state index in [1.165, 1.54) is 6.42 Å². The van der Waals surface area contributed by atoms with Gasteiger partial charge in [0.1, 0.15) is 0 Å². The molecule has 0 saturated carbocycles. The minimum atomic E-state index is -0.324. The Morgan fingerprint density at radius 1 is 1.46 bits per heavy atom. The Labute approximate surface area is 78.2 Å². The summed E-state index contributed by atoms with van der Waals surface area (Å²) >= 11 is 0. The minimum Gasteiger partial charge on any atom is -0.353 e. The summed E-state index contributed by atoms with van der Waals surface area (Å²) in [6.45, 7) is 1.83. The number of likely N-dealkylation sites (tertiary alicyclic amines) is 1. The predicted octanol–water partition coefficient (Wildman–Crippen LogP) is 0.747. The summed E-state index contributed by atoms with van der Waals surface area (Å²) in [7, 11) is 0. The molecule has 0 atom stereocenters. The first-order valence-electron chi connectivity index (χ1n) is 4.46. The second-order valence-corrected chi connectivity index (χ2v) is 2.94. The number of terminal acetylenes is 1. The molecule has 1 rings (SSSR count). The number of hydroxylamine groups is 1. The van der Waals surface area contributed by atoms with Gasteiger partial charge in [-0.15, -0.1) is 11.9 Å². The number of nitrogens with zero attached hydrogens (tertiary/aromatic N) is 1. The highest BCUT2D eigenvalue weighted by Crippen LogP contribution is 2.08. The van der Waals surface area contributed by atoms with Crippen LogP contribution in [0.1, 0.15) is 19.3 Å². The van der Waals surface area contributed by atoms with Crippen molar-refractivity contribution in [1.29, 1.82) is 0 Å². The van der Waals surface area contributed by atoms with Crippen LogP contribution in [-0.2, 0) is 4.84 Å². The van der Waals surface area contributed by atoms with Crippen molar-refractivity contribution >= 4 is 6.09 Å². The summed E-state index contributed by atoms with van der Waals surface area (Å²) in [6.07, 6.45) is 7.97. The van der Waals surface area contributed by atoms with Crippen molar-refractivity contribution in [2.24, 2.45) is 0 Å². The molecule has 4 nitrogen and oxygen atoms in total. The molecule has 1 N–H and O–H groups in total. The molecule has 4 heteroatoms. The zero-order chi connectivity index (χ0) is 9.52. The van der Waals surface area contributed by atoms with Crippen molar-refractivity contribution in [3.05, 3.63) is 0 Å². The van der Waals surface area contributed by atoms with Crippen LogP contribution < -0.4 is 5.48 Å². The van der Waals surface area contributed by atoms with Crippen LogP contribution in [-0.4, -0.2) is 30.6 Å². The van der Waals surface area contributed by atoms with Gasteiger partial charge in [-0.3, -0.25) is 0 Å². The third kappa shape index (κ3) is 3.34. The second-order valence-electron chi connectivity index (χ2n) is 2.94. The molecule has 1 amide bonds. The third-order valence-corrected chi connectivity index (χ3v) is 1.95. The second kappa shape index (κ2) is 5.44. The van der Waals surface area contributed by atoms with E-state index in [9.17, 15) is 4.79 Å². The monoisotopic (exact) mass is 182 g/mol. The maximum absolute atomic E-state index is 11.2. The Morgan fingerprint density at radius 3 is 2.77 bits per heavy atom. The lowest BCUT2D eigenvalue weighted by molar-refractivity contribution is 0.0554. The van der Waals surface area contributed by atoms with E-state index in [-0.39, 0.29) is 12.6 Å². The molecule has 0 radical (unpaired) electrons. The Kier molecular flexibility index (Phi) is 4.13. The van der Waals surface area contributed by atoms with Crippen LogP contribution in [0.5, 0.6) is 0 Å². The van der Waals surface area contributed by atoms with Crippen molar-refractivity contribution in [2.45, 2.75) is 19.3 Å². The minimum absolute atomic E-state index is 0.250. The van der Waals surface area contributed by atoms with Gasteiger partial charge < -0.3 is 9.74 Å². The molecule has 0 aliphatic carbocycles. The van der Waals surface area contributed by atoms with Crippen LogP contribution in [0.4, 0.5) is 4.79 Å². The van der Waals surface area contributed by atoms with Crippen LogP contribution in [0.2, 0.25) is 0 Å². The summed E-state index contributed by atoms with van der Waals surface area (Å²) < 4.78 is 0. The van der Waals surface area contributed by atoms with Crippen molar-refractivity contribution in [1.82, 2.24) is 10.4 Å². The molecule has 1 fully saturated rings. The zero-order valence-electron chi connectivity index (χ0n) is 7.58. The maximum Gasteiger partial charge on any atom is 0.428 e. The molecule has 1 aliphatic heterocycles. The number of nitrogens with one attached hydrogen (secondary N) is 1. The van der Waals surface area contributed by atoms with Gasteiger partial charge in [-0.2, -0.15) is 0 Å². The molecular formula is C9H14N2O2. The van der Waals surface area contributed by atoms with E-state index < -0.39 is 0 Å². The number of carbonyl (C=O) groups is 1. The quantitative estimate of drug-likeness (QED) is 0.389. The largest absolute Gasteiger partial charge is 0.428 e. The van der Waals surface area contributed by atoms with Crippen molar-refractivity contribution in [3.8, 4) is 12.3 Å². The van der Waals surface area contributed by atoms with Crippen LogP contribution in [0.25, 0.3) is 0 Å². The third-order valence-electron chi connectivity index (χ3n) is 1.95. The molecule has 1 heterocycles. The Bertz CT molecular complexity index is 204. The molecule has 0 aromatic rings. The van der Waals surface area contributed by atoms with Crippen LogP contribution in [0.3, 0.4) is 0 Å². The topological polar surface area (TPSA) is 41.6 Å². The van der Waals surface area contributed by atoms with Gasteiger partial charge in [0, 0.05) is 13.1 Å². The SMILES string of the molecule is C#CCNOC(=O)N1CCCCC1.